The number of amides is 1. The summed E-state index contributed by atoms with van der Waals surface area (Å²) in [6, 6.07) is 9.24. The van der Waals surface area contributed by atoms with Gasteiger partial charge < -0.3 is 20.0 Å². The van der Waals surface area contributed by atoms with Crippen LogP contribution in [0, 0.1) is 0 Å². The van der Waals surface area contributed by atoms with Crippen molar-refractivity contribution in [2.75, 3.05) is 6.54 Å². The Morgan fingerprint density at radius 2 is 2.00 bits per heavy atom. The van der Waals surface area contributed by atoms with Crippen LogP contribution in [0.25, 0.3) is 10.9 Å². The molecular formula is C19H19N3O4. The minimum absolute atomic E-state index is 0.0437. The molecule has 0 aliphatic rings. The van der Waals surface area contributed by atoms with E-state index in [9.17, 15) is 19.5 Å². The van der Waals surface area contributed by atoms with Crippen LogP contribution in [0.2, 0.25) is 0 Å². The molecule has 3 rings (SSSR count). The topological polar surface area (TPSA) is 104 Å². The first kappa shape index (κ1) is 17.5. The van der Waals surface area contributed by atoms with E-state index in [0.29, 0.717) is 6.54 Å². The lowest BCUT2D eigenvalue weighted by Crippen LogP contribution is -2.38. The second kappa shape index (κ2) is 7.26. The molecule has 7 heteroatoms. The maximum Gasteiger partial charge on any atom is 0.337 e. The van der Waals surface area contributed by atoms with Crippen LogP contribution in [-0.4, -0.2) is 33.1 Å². The lowest BCUT2D eigenvalue weighted by atomic mass is 10.0. The van der Waals surface area contributed by atoms with Gasteiger partial charge in [-0.15, -0.1) is 0 Å². The number of aromatic carboxylic acids is 1. The molecule has 0 aliphatic carbocycles. The minimum Gasteiger partial charge on any atom is -0.478 e. The number of carboxylic acid groups (broad SMARTS) is 1. The molecule has 0 radical (unpaired) electrons. The Kier molecular flexibility index (Phi) is 4.88. The Morgan fingerprint density at radius 3 is 2.73 bits per heavy atom. The summed E-state index contributed by atoms with van der Waals surface area (Å²) < 4.78 is 1.19. The van der Waals surface area contributed by atoms with Crippen molar-refractivity contribution >= 4 is 22.8 Å². The van der Waals surface area contributed by atoms with Gasteiger partial charge >= 0.3 is 5.97 Å². The molecular weight excluding hydrogens is 334 g/mol. The Bertz CT molecular complexity index is 1020. The first-order chi connectivity index (χ1) is 12.5. The molecule has 0 saturated heterocycles. The van der Waals surface area contributed by atoms with E-state index in [-0.39, 0.29) is 17.9 Å². The molecule has 0 bridgehead atoms. The predicted octanol–water partition coefficient (Wildman–Crippen LogP) is 1.95. The highest BCUT2D eigenvalue weighted by molar-refractivity contribution is 5.88. The van der Waals surface area contributed by atoms with Crippen LogP contribution in [0.3, 0.4) is 0 Å². The average molecular weight is 353 g/mol. The number of carbonyl (C=O) groups excluding carboxylic acids is 1. The van der Waals surface area contributed by atoms with E-state index in [2.05, 4.69) is 10.3 Å². The molecule has 1 unspecified atom stereocenters. The number of likely N-dealkylation sites (N-methyl/N-ethyl adjacent to an activating group) is 1. The molecule has 7 nitrogen and oxygen atoms in total. The van der Waals surface area contributed by atoms with Crippen molar-refractivity contribution in [1.82, 2.24) is 14.9 Å². The number of carboxylic acids is 1. The fourth-order valence-corrected chi connectivity index (χ4v) is 2.99. The van der Waals surface area contributed by atoms with Crippen LogP contribution in [0.4, 0.5) is 0 Å². The SMILES string of the molecule is CCNC(=O)C(Cc1c[nH]c2ccccc12)n1cc(C(=O)O)ccc1=O. The lowest BCUT2D eigenvalue weighted by molar-refractivity contribution is -0.124. The van der Waals surface area contributed by atoms with E-state index in [4.69, 9.17) is 0 Å². The van der Waals surface area contributed by atoms with Gasteiger partial charge in [0.25, 0.3) is 5.56 Å². The molecule has 3 N–H and O–H groups in total. The zero-order valence-electron chi connectivity index (χ0n) is 14.2. The number of hydrogen-bond donors (Lipinski definition) is 3. The molecule has 2 aromatic heterocycles. The first-order valence-electron chi connectivity index (χ1n) is 8.29. The summed E-state index contributed by atoms with van der Waals surface area (Å²) >= 11 is 0. The van der Waals surface area contributed by atoms with Crippen LogP contribution in [0.5, 0.6) is 0 Å². The summed E-state index contributed by atoms with van der Waals surface area (Å²) in [6.07, 6.45) is 3.29. The molecule has 1 amide bonds. The second-order valence-electron chi connectivity index (χ2n) is 5.94. The summed E-state index contributed by atoms with van der Waals surface area (Å²) in [6.45, 7) is 2.20. The third kappa shape index (κ3) is 3.37. The third-order valence-electron chi connectivity index (χ3n) is 4.26. The Balaban J connectivity index is 2.06. The number of benzene rings is 1. The number of nitrogens with one attached hydrogen (secondary N) is 2. The molecule has 1 aromatic carbocycles. The number of aromatic amines is 1. The smallest absolute Gasteiger partial charge is 0.337 e. The van der Waals surface area contributed by atoms with Crippen molar-refractivity contribution < 1.29 is 14.7 Å². The normalized spacial score (nSPS) is 12.0. The van der Waals surface area contributed by atoms with Crippen LogP contribution >= 0.6 is 0 Å². The molecule has 0 fully saturated rings. The Hall–Kier alpha value is -3.35. The van der Waals surface area contributed by atoms with Crippen molar-refractivity contribution in [3.05, 3.63) is 70.3 Å². The second-order valence-corrected chi connectivity index (χ2v) is 5.94. The predicted molar refractivity (Wildman–Crippen MR) is 97.4 cm³/mol. The van der Waals surface area contributed by atoms with E-state index < -0.39 is 17.6 Å². The van der Waals surface area contributed by atoms with Crippen molar-refractivity contribution in [1.29, 1.82) is 0 Å². The fraction of sp³-hybridized carbons (Fsp3) is 0.211. The van der Waals surface area contributed by atoms with Crippen molar-refractivity contribution in [3.63, 3.8) is 0 Å². The van der Waals surface area contributed by atoms with Gasteiger partial charge in [-0.2, -0.15) is 0 Å². The molecule has 26 heavy (non-hydrogen) atoms. The van der Waals surface area contributed by atoms with Gasteiger partial charge in [0.1, 0.15) is 6.04 Å². The molecule has 0 saturated carbocycles. The molecule has 134 valence electrons. The summed E-state index contributed by atoms with van der Waals surface area (Å²) in [5, 5.41) is 12.9. The number of para-hydroxylation sites is 1. The molecule has 0 aliphatic heterocycles. The zero-order chi connectivity index (χ0) is 18.7. The number of fused-ring (bicyclic) bond motifs is 1. The largest absolute Gasteiger partial charge is 0.478 e. The number of H-pyrrole nitrogens is 1. The van der Waals surface area contributed by atoms with Gasteiger partial charge in [0, 0.05) is 42.3 Å². The number of nitrogens with zero attached hydrogens (tertiary/aromatic N) is 1. The van der Waals surface area contributed by atoms with Gasteiger partial charge in [-0.3, -0.25) is 9.59 Å². The van der Waals surface area contributed by atoms with Crippen LogP contribution in [0.15, 0.2) is 53.6 Å². The summed E-state index contributed by atoms with van der Waals surface area (Å²) in [4.78, 5) is 39.3. The fourth-order valence-electron chi connectivity index (χ4n) is 2.99. The zero-order valence-corrected chi connectivity index (χ0v) is 14.2. The minimum atomic E-state index is -1.15. The number of aromatic nitrogens is 2. The van der Waals surface area contributed by atoms with E-state index in [1.165, 1.54) is 22.9 Å². The summed E-state index contributed by atoms with van der Waals surface area (Å²) in [5.41, 5.74) is 1.34. The van der Waals surface area contributed by atoms with E-state index in [1.54, 1.807) is 6.92 Å². The van der Waals surface area contributed by atoms with Gasteiger partial charge in [0.2, 0.25) is 5.91 Å². The van der Waals surface area contributed by atoms with Crippen molar-refractivity contribution in [2.24, 2.45) is 0 Å². The maximum absolute atomic E-state index is 12.6. The third-order valence-corrected chi connectivity index (χ3v) is 4.26. The van der Waals surface area contributed by atoms with Crippen LogP contribution in [-0.2, 0) is 11.2 Å². The van der Waals surface area contributed by atoms with Crippen molar-refractivity contribution in [3.8, 4) is 0 Å². The van der Waals surface area contributed by atoms with Gasteiger partial charge in [-0.25, -0.2) is 4.79 Å². The Labute approximate surface area is 149 Å². The van der Waals surface area contributed by atoms with Gasteiger partial charge in [0.15, 0.2) is 0 Å². The highest BCUT2D eigenvalue weighted by atomic mass is 16.4. The number of pyridine rings is 1. The number of carbonyl (C=O) groups is 2. The standard InChI is InChI=1S/C19H19N3O4/c1-2-20-18(24)16(22-11-12(19(25)26)7-8-17(22)23)9-13-10-21-15-6-4-3-5-14(13)15/h3-8,10-11,16,21H,2,9H2,1H3,(H,20,24)(H,25,26). The molecule has 3 aromatic rings. The van der Waals surface area contributed by atoms with Crippen LogP contribution < -0.4 is 10.9 Å². The Morgan fingerprint density at radius 1 is 1.23 bits per heavy atom. The number of rotatable bonds is 6. The van der Waals surface area contributed by atoms with E-state index >= 15 is 0 Å². The lowest BCUT2D eigenvalue weighted by Gasteiger charge is -2.19. The van der Waals surface area contributed by atoms with Gasteiger partial charge in [-0.1, -0.05) is 18.2 Å². The maximum atomic E-state index is 12.6. The highest BCUT2D eigenvalue weighted by Gasteiger charge is 2.23. The average Bonchev–Trinajstić information content (AvgIpc) is 3.03. The molecule has 1 atom stereocenters. The highest BCUT2D eigenvalue weighted by Crippen LogP contribution is 2.22. The number of hydrogen-bond acceptors (Lipinski definition) is 3. The molecule has 0 spiro atoms. The first-order valence-corrected chi connectivity index (χ1v) is 8.29. The van der Waals surface area contributed by atoms with Crippen LogP contribution in [0.1, 0.15) is 28.9 Å². The monoisotopic (exact) mass is 353 g/mol. The van der Waals surface area contributed by atoms with Gasteiger partial charge in [0.05, 0.1) is 5.56 Å². The molecule has 2 heterocycles. The van der Waals surface area contributed by atoms with E-state index in [1.807, 2.05) is 30.5 Å². The van der Waals surface area contributed by atoms with E-state index in [0.717, 1.165) is 16.5 Å². The van der Waals surface area contributed by atoms with Gasteiger partial charge in [-0.05, 0) is 24.6 Å². The summed E-state index contributed by atoms with van der Waals surface area (Å²) in [5.74, 6) is -1.48. The quantitative estimate of drug-likeness (QED) is 0.630. The van der Waals surface area contributed by atoms with Crippen molar-refractivity contribution in [2.45, 2.75) is 19.4 Å². The summed E-state index contributed by atoms with van der Waals surface area (Å²) in [7, 11) is 0.